The molecule has 0 fully saturated rings. The number of nitrogens with one attached hydrogen (secondary N) is 2. The van der Waals surface area contributed by atoms with E-state index in [4.69, 9.17) is 28.6 Å². The summed E-state index contributed by atoms with van der Waals surface area (Å²) < 4.78 is 7.84. The first-order valence-corrected chi connectivity index (χ1v) is 8.20. The second-order valence-electron chi connectivity index (χ2n) is 4.94. The monoisotopic (exact) mass is 361 g/mol. The first-order chi connectivity index (χ1) is 11.7. The van der Waals surface area contributed by atoms with Crippen LogP contribution in [0.15, 0.2) is 42.7 Å². The highest BCUT2D eigenvalue weighted by molar-refractivity contribution is 7.71. The average molecular weight is 362 g/mol. The number of nitrogens with zero attached hydrogens (tertiary/aromatic N) is 3. The Morgan fingerprint density at radius 2 is 2.08 bits per heavy atom. The van der Waals surface area contributed by atoms with Crippen molar-refractivity contribution in [3.05, 3.63) is 58.1 Å². The lowest BCUT2D eigenvalue weighted by Gasteiger charge is -2.14. The topological polar surface area (TPSA) is 67.8 Å². The minimum atomic E-state index is 0.474. The number of pyridine rings is 1. The van der Waals surface area contributed by atoms with Gasteiger partial charge < -0.3 is 10.2 Å². The third-order valence-electron chi connectivity index (χ3n) is 3.36. The highest BCUT2D eigenvalue weighted by atomic mass is 35.5. The number of halogens is 1. The Labute approximate surface area is 149 Å². The molecule has 0 aliphatic rings. The van der Waals surface area contributed by atoms with Gasteiger partial charge in [-0.3, -0.25) is 4.98 Å². The van der Waals surface area contributed by atoms with Gasteiger partial charge in [-0.25, -0.2) is 9.77 Å². The lowest BCUT2D eigenvalue weighted by molar-refractivity contribution is 0.336. The molecule has 0 unspecified atom stereocenters. The fourth-order valence-corrected chi connectivity index (χ4v) is 2.68. The maximum atomic E-state index is 6.10. The number of aromatic amines is 1. The van der Waals surface area contributed by atoms with Crippen LogP contribution < -0.4 is 10.2 Å². The van der Waals surface area contributed by atoms with Gasteiger partial charge in [0, 0.05) is 28.5 Å². The lowest BCUT2D eigenvalue weighted by Crippen LogP contribution is -2.16. The highest BCUT2D eigenvalue weighted by Crippen LogP contribution is 2.23. The molecule has 0 saturated heterocycles. The zero-order valence-electron chi connectivity index (χ0n) is 13.0. The quantitative estimate of drug-likeness (QED) is 0.654. The number of aromatic nitrogens is 4. The lowest BCUT2D eigenvalue weighted by atomic mass is 10.2. The van der Waals surface area contributed by atoms with Crippen LogP contribution in [0.2, 0.25) is 5.02 Å². The largest absolute Gasteiger partial charge is 0.494 e. The second-order valence-corrected chi connectivity index (χ2v) is 5.77. The zero-order valence-corrected chi connectivity index (χ0v) is 14.6. The molecule has 6 nitrogen and oxygen atoms in total. The predicted octanol–water partition coefficient (Wildman–Crippen LogP) is 3.80. The van der Waals surface area contributed by atoms with Crippen LogP contribution in [-0.2, 0) is 6.54 Å². The van der Waals surface area contributed by atoms with Gasteiger partial charge in [-0.1, -0.05) is 11.6 Å². The van der Waals surface area contributed by atoms with Gasteiger partial charge in [0.25, 0.3) is 0 Å². The molecular weight excluding hydrogens is 346 g/mol. The Morgan fingerprint density at radius 1 is 1.29 bits per heavy atom. The van der Waals surface area contributed by atoms with Crippen LogP contribution in [0.3, 0.4) is 0 Å². The summed E-state index contributed by atoms with van der Waals surface area (Å²) in [7, 11) is 0. The van der Waals surface area contributed by atoms with Gasteiger partial charge in [0.15, 0.2) is 5.82 Å². The van der Waals surface area contributed by atoms with Crippen LogP contribution in [0.4, 0.5) is 0 Å². The van der Waals surface area contributed by atoms with Gasteiger partial charge in [-0.2, -0.15) is 5.10 Å². The molecule has 24 heavy (non-hydrogen) atoms. The van der Waals surface area contributed by atoms with Crippen molar-refractivity contribution < 1.29 is 4.74 Å². The van der Waals surface area contributed by atoms with E-state index < -0.39 is 0 Å². The van der Waals surface area contributed by atoms with E-state index in [1.165, 1.54) is 0 Å². The van der Waals surface area contributed by atoms with Crippen LogP contribution >= 0.6 is 23.8 Å². The molecule has 1 aromatic carbocycles. The van der Waals surface area contributed by atoms with Crippen LogP contribution in [0.5, 0.6) is 5.75 Å². The summed E-state index contributed by atoms with van der Waals surface area (Å²) in [5, 5.41) is 7.72. The molecule has 2 aromatic heterocycles. The van der Waals surface area contributed by atoms with E-state index in [1.807, 2.05) is 37.3 Å². The van der Waals surface area contributed by atoms with Crippen molar-refractivity contribution in [3.8, 4) is 17.1 Å². The molecular formula is C16H16ClN5OS. The molecule has 0 amide bonds. The number of hydrogen-bond acceptors (Lipinski definition) is 5. The van der Waals surface area contributed by atoms with Gasteiger partial charge in [-0.15, -0.1) is 0 Å². The van der Waals surface area contributed by atoms with Crippen LogP contribution in [-0.4, -0.2) is 26.5 Å². The predicted molar refractivity (Wildman–Crippen MR) is 96.3 cm³/mol. The van der Waals surface area contributed by atoms with Crippen molar-refractivity contribution in [2.75, 3.05) is 12.0 Å². The van der Waals surface area contributed by atoms with Crippen molar-refractivity contribution >= 4 is 23.8 Å². The minimum absolute atomic E-state index is 0.474. The van der Waals surface area contributed by atoms with Crippen molar-refractivity contribution in [2.24, 2.45) is 0 Å². The van der Waals surface area contributed by atoms with Gasteiger partial charge in [0.2, 0.25) is 4.77 Å². The summed E-state index contributed by atoms with van der Waals surface area (Å²) >= 11 is 11.4. The van der Waals surface area contributed by atoms with Crippen molar-refractivity contribution in [3.63, 3.8) is 0 Å². The summed E-state index contributed by atoms with van der Waals surface area (Å²) in [4.78, 5) is 4.02. The molecule has 8 heteroatoms. The molecule has 0 aliphatic heterocycles. The number of H-pyrrole nitrogens is 1. The van der Waals surface area contributed by atoms with Gasteiger partial charge in [-0.05, 0) is 49.5 Å². The molecule has 2 N–H and O–H groups in total. The second kappa shape index (κ2) is 7.46. The minimum Gasteiger partial charge on any atom is -0.494 e. The molecule has 3 aromatic rings. The molecule has 3 rings (SSSR count). The van der Waals surface area contributed by atoms with Crippen molar-refractivity contribution in [1.82, 2.24) is 19.9 Å². The Morgan fingerprint density at radius 3 is 2.83 bits per heavy atom. The third-order valence-corrected chi connectivity index (χ3v) is 3.87. The van der Waals surface area contributed by atoms with E-state index in [2.05, 4.69) is 20.6 Å². The van der Waals surface area contributed by atoms with E-state index in [9.17, 15) is 0 Å². The Hall–Kier alpha value is -2.38. The summed E-state index contributed by atoms with van der Waals surface area (Å²) in [6.45, 7) is 3.02. The van der Waals surface area contributed by atoms with E-state index >= 15 is 0 Å². The Kier molecular flexibility index (Phi) is 5.12. The first kappa shape index (κ1) is 16.5. The molecule has 2 heterocycles. The van der Waals surface area contributed by atoms with E-state index in [0.29, 0.717) is 28.8 Å². The van der Waals surface area contributed by atoms with Gasteiger partial charge in [0.1, 0.15) is 5.75 Å². The van der Waals surface area contributed by atoms with Crippen molar-refractivity contribution in [1.29, 1.82) is 0 Å². The molecule has 124 valence electrons. The molecule has 0 aliphatic carbocycles. The van der Waals surface area contributed by atoms with Crippen LogP contribution in [0.25, 0.3) is 11.4 Å². The third kappa shape index (κ3) is 3.58. The standard InChI is InChI=1S/C16H16ClN5OS/c1-2-23-14-4-3-13(17)9-12(14)10-19-22-15(20-21-16(22)24)11-5-7-18-8-6-11/h3-9,19H,2,10H2,1H3,(H,21,24). The van der Waals surface area contributed by atoms with Crippen LogP contribution in [0.1, 0.15) is 12.5 Å². The first-order valence-electron chi connectivity index (χ1n) is 7.42. The molecule has 0 atom stereocenters. The molecule has 0 bridgehead atoms. The maximum absolute atomic E-state index is 6.10. The Balaban J connectivity index is 1.87. The number of benzene rings is 1. The highest BCUT2D eigenvalue weighted by Gasteiger charge is 2.10. The number of rotatable bonds is 6. The molecule has 0 saturated carbocycles. The van der Waals surface area contributed by atoms with Gasteiger partial charge in [0.05, 0.1) is 13.2 Å². The fraction of sp³-hybridized carbons (Fsp3) is 0.188. The van der Waals surface area contributed by atoms with Crippen LogP contribution in [0, 0.1) is 4.77 Å². The molecule has 0 spiro atoms. The van der Waals surface area contributed by atoms with E-state index in [0.717, 1.165) is 16.9 Å². The summed E-state index contributed by atoms with van der Waals surface area (Å²) in [6, 6.07) is 9.28. The smallest absolute Gasteiger partial charge is 0.214 e. The fourth-order valence-electron chi connectivity index (χ4n) is 2.28. The Bertz CT molecular complexity index is 878. The summed E-state index contributed by atoms with van der Waals surface area (Å²) in [5.74, 6) is 1.47. The summed E-state index contributed by atoms with van der Waals surface area (Å²) in [5.41, 5.74) is 5.10. The van der Waals surface area contributed by atoms with E-state index in [1.54, 1.807) is 17.1 Å². The maximum Gasteiger partial charge on any atom is 0.214 e. The van der Waals surface area contributed by atoms with Crippen molar-refractivity contribution in [2.45, 2.75) is 13.5 Å². The number of ether oxygens (including phenoxy) is 1. The molecule has 0 radical (unpaired) electrons. The zero-order chi connectivity index (χ0) is 16.9. The number of hydrogen-bond donors (Lipinski definition) is 2. The SMILES string of the molecule is CCOc1ccc(Cl)cc1CNn1c(-c2ccncc2)n[nH]c1=S. The van der Waals surface area contributed by atoms with Gasteiger partial charge >= 0.3 is 0 Å². The van der Waals surface area contributed by atoms with E-state index in [-0.39, 0.29) is 0 Å². The summed E-state index contributed by atoms with van der Waals surface area (Å²) in [6.07, 6.45) is 3.42. The average Bonchev–Trinajstić information content (AvgIpc) is 2.97. The normalized spacial score (nSPS) is 10.6.